The highest BCUT2D eigenvalue weighted by Gasteiger charge is 2.28. The van der Waals surface area contributed by atoms with E-state index in [1.54, 1.807) is 0 Å². The van der Waals surface area contributed by atoms with Crippen LogP contribution in [0, 0.1) is 5.41 Å². The van der Waals surface area contributed by atoms with Gasteiger partial charge in [0.25, 0.3) is 0 Å². The van der Waals surface area contributed by atoms with Crippen molar-refractivity contribution in [1.29, 1.82) is 0 Å². The van der Waals surface area contributed by atoms with Crippen LogP contribution < -0.4 is 5.32 Å². The molecule has 84 valence electrons. The monoisotopic (exact) mass is 199 g/mol. The zero-order valence-corrected chi connectivity index (χ0v) is 10.1. The lowest BCUT2D eigenvalue weighted by Crippen LogP contribution is -2.32. The Kier molecular flexibility index (Phi) is 4.39. The van der Waals surface area contributed by atoms with Gasteiger partial charge in [0, 0.05) is 6.54 Å². The van der Waals surface area contributed by atoms with Crippen molar-refractivity contribution in [3.05, 3.63) is 0 Å². The molecule has 2 unspecified atom stereocenters. The molecule has 0 amide bonds. The average Bonchev–Trinajstić information content (AvgIpc) is 2.47. The van der Waals surface area contributed by atoms with Crippen LogP contribution in [0.15, 0.2) is 0 Å². The molecule has 1 rings (SSSR count). The minimum absolute atomic E-state index is 0.366. The molecular weight excluding hydrogens is 174 g/mol. The van der Waals surface area contributed by atoms with Gasteiger partial charge in [-0.15, -0.1) is 0 Å². The maximum atomic E-state index is 5.85. The maximum absolute atomic E-state index is 5.85. The molecule has 0 aromatic carbocycles. The first kappa shape index (κ1) is 12.0. The van der Waals surface area contributed by atoms with Gasteiger partial charge in [0.15, 0.2) is 0 Å². The Morgan fingerprint density at radius 3 is 2.57 bits per heavy atom. The van der Waals surface area contributed by atoms with Crippen molar-refractivity contribution in [3.63, 3.8) is 0 Å². The predicted molar refractivity (Wildman–Crippen MR) is 60.5 cm³/mol. The van der Waals surface area contributed by atoms with E-state index in [4.69, 9.17) is 4.74 Å². The van der Waals surface area contributed by atoms with Gasteiger partial charge in [0.1, 0.15) is 0 Å². The van der Waals surface area contributed by atoms with E-state index in [1.165, 1.54) is 19.3 Å². The molecule has 1 aliphatic rings. The Morgan fingerprint density at radius 1 is 1.36 bits per heavy atom. The molecular formula is C12H25NO. The van der Waals surface area contributed by atoms with Crippen LogP contribution in [-0.4, -0.2) is 25.3 Å². The molecule has 2 nitrogen and oxygen atoms in total. The van der Waals surface area contributed by atoms with E-state index in [1.807, 2.05) is 0 Å². The fourth-order valence-corrected chi connectivity index (χ4v) is 2.19. The zero-order chi connectivity index (χ0) is 10.6. The van der Waals surface area contributed by atoms with Gasteiger partial charge in [0.05, 0.1) is 12.2 Å². The van der Waals surface area contributed by atoms with Crippen LogP contribution in [0.2, 0.25) is 0 Å². The smallest absolute Gasteiger partial charge is 0.0585 e. The molecule has 1 fully saturated rings. The van der Waals surface area contributed by atoms with Crippen molar-refractivity contribution >= 4 is 0 Å². The minimum Gasteiger partial charge on any atom is -0.375 e. The van der Waals surface area contributed by atoms with Crippen molar-refractivity contribution in [2.24, 2.45) is 5.41 Å². The Bertz CT molecular complexity index is 168. The first-order valence-electron chi connectivity index (χ1n) is 5.89. The molecule has 2 atom stereocenters. The van der Waals surface area contributed by atoms with E-state index < -0.39 is 0 Å². The SMILES string of the molecule is CCNCC(C)(C)CC1CCC(C)O1. The fraction of sp³-hybridized carbons (Fsp3) is 1.00. The van der Waals surface area contributed by atoms with Gasteiger partial charge in [-0.2, -0.15) is 0 Å². The maximum Gasteiger partial charge on any atom is 0.0585 e. The van der Waals surface area contributed by atoms with Crippen molar-refractivity contribution in [3.8, 4) is 0 Å². The van der Waals surface area contributed by atoms with Crippen LogP contribution in [0.1, 0.15) is 47.0 Å². The number of rotatable bonds is 5. The quantitative estimate of drug-likeness (QED) is 0.735. The Balaban J connectivity index is 2.27. The van der Waals surface area contributed by atoms with Crippen molar-refractivity contribution < 1.29 is 4.74 Å². The highest BCUT2D eigenvalue weighted by molar-refractivity contribution is 4.80. The van der Waals surface area contributed by atoms with E-state index in [2.05, 4.69) is 33.0 Å². The summed E-state index contributed by atoms with van der Waals surface area (Å²) in [7, 11) is 0. The average molecular weight is 199 g/mol. The molecule has 0 aromatic heterocycles. The summed E-state index contributed by atoms with van der Waals surface area (Å²) >= 11 is 0. The Morgan fingerprint density at radius 2 is 2.07 bits per heavy atom. The second-order valence-electron chi connectivity index (χ2n) is 5.29. The second-order valence-corrected chi connectivity index (χ2v) is 5.29. The van der Waals surface area contributed by atoms with Crippen molar-refractivity contribution in [2.75, 3.05) is 13.1 Å². The van der Waals surface area contributed by atoms with Crippen LogP contribution in [0.4, 0.5) is 0 Å². The van der Waals surface area contributed by atoms with Gasteiger partial charge in [0.2, 0.25) is 0 Å². The van der Waals surface area contributed by atoms with Gasteiger partial charge in [-0.3, -0.25) is 0 Å². The molecule has 0 radical (unpaired) electrons. The lowest BCUT2D eigenvalue weighted by atomic mass is 9.86. The molecule has 14 heavy (non-hydrogen) atoms. The summed E-state index contributed by atoms with van der Waals surface area (Å²) in [6, 6.07) is 0. The number of ether oxygens (including phenoxy) is 1. The first-order chi connectivity index (χ1) is 6.53. The van der Waals surface area contributed by atoms with Crippen LogP contribution in [-0.2, 0) is 4.74 Å². The molecule has 0 aromatic rings. The van der Waals surface area contributed by atoms with Crippen LogP contribution in [0.3, 0.4) is 0 Å². The van der Waals surface area contributed by atoms with E-state index in [0.717, 1.165) is 13.1 Å². The van der Waals surface area contributed by atoms with E-state index >= 15 is 0 Å². The highest BCUT2D eigenvalue weighted by atomic mass is 16.5. The lowest BCUT2D eigenvalue weighted by molar-refractivity contribution is 0.0286. The second kappa shape index (κ2) is 5.13. The van der Waals surface area contributed by atoms with Crippen LogP contribution in [0.25, 0.3) is 0 Å². The third-order valence-corrected chi connectivity index (χ3v) is 2.95. The lowest BCUT2D eigenvalue weighted by Gasteiger charge is -2.28. The fourth-order valence-electron chi connectivity index (χ4n) is 2.19. The molecule has 0 spiro atoms. The summed E-state index contributed by atoms with van der Waals surface area (Å²) in [6.07, 6.45) is 4.65. The van der Waals surface area contributed by atoms with Gasteiger partial charge < -0.3 is 10.1 Å². The molecule has 2 heteroatoms. The third kappa shape index (κ3) is 3.97. The van der Waals surface area contributed by atoms with Gasteiger partial charge in [-0.05, 0) is 38.1 Å². The van der Waals surface area contributed by atoms with E-state index in [9.17, 15) is 0 Å². The van der Waals surface area contributed by atoms with Crippen molar-refractivity contribution in [2.45, 2.75) is 59.2 Å². The normalized spacial score (nSPS) is 28.3. The molecule has 1 aliphatic heterocycles. The van der Waals surface area contributed by atoms with Crippen LogP contribution in [0.5, 0.6) is 0 Å². The van der Waals surface area contributed by atoms with Crippen LogP contribution >= 0.6 is 0 Å². The minimum atomic E-state index is 0.366. The Hall–Kier alpha value is -0.0800. The topological polar surface area (TPSA) is 21.3 Å². The number of hydrogen-bond donors (Lipinski definition) is 1. The summed E-state index contributed by atoms with van der Waals surface area (Å²) in [4.78, 5) is 0. The van der Waals surface area contributed by atoms with E-state index in [0.29, 0.717) is 17.6 Å². The summed E-state index contributed by atoms with van der Waals surface area (Å²) in [6.45, 7) is 11.1. The zero-order valence-electron chi connectivity index (χ0n) is 10.1. The first-order valence-corrected chi connectivity index (χ1v) is 5.89. The molecule has 1 heterocycles. The molecule has 0 bridgehead atoms. The van der Waals surface area contributed by atoms with Gasteiger partial charge in [-0.25, -0.2) is 0 Å². The van der Waals surface area contributed by atoms with Crippen molar-refractivity contribution in [1.82, 2.24) is 5.32 Å². The number of hydrogen-bond acceptors (Lipinski definition) is 2. The van der Waals surface area contributed by atoms with Gasteiger partial charge in [-0.1, -0.05) is 20.8 Å². The molecule has 0 saturated carbocycles. The molecule has 1 N–H and O–H groups in total. The third-order valence-electron chi connectivity index (χ3n) is 2.95. The standard InChI is InChI=1S/C12H25NO/c1-5-13-9-12(3,4)8-11-7-6-10(2)14-11/h10-11,13H,5-9H2,1-4H3. The molecule has 0 aliphatic carbocycles. The van der Waals surface area contributed by atoms with E-state index in [-0.39, 0.29) is 0 Å². The summed E-state index contributed by atoms with van der Waals surface area (Å²) in [5.41, 5.74) is 0.366. The highest BCUT2D eigenvalue weighted by Crippen LogP contribution is 2.30. The summed E-state index contributed by atoms with van der Waals surface area (Å²) in [5, 5.41) is 3.42. The summed E-state index contributed by atoms with van der Waals surface area (Å²) in [5.74, 6) is 0. The van der Waals surface area contributed by atoms with Gasteiger partial charge >= 0.3 is 0 Å². The largest absolute Gasteiger partial charge is 0.375 e. The number of nitrogens with one attached hydrogen (secondary N) is 1. The molecule has 1 saturated heterocycles. The predicted octanol–water partition coefficient (Wildman–Crippen LogP) is 2.58. The Labute approximate surface area is 88.4 Å². The summed E-state index contributed by atoms with van der Waals surface area (Å²) < 4.78 is 5.85.